The Balaban J connectivity index is 1.45. The number of hydrogen-bond donors (Lipinski definition) is 0. The van der Waals surface area contributed by atoms with Gasteiger partial charge in [-0.25, -0.2) is 13.4 Å². The van der Waals surface area contributed by atoms with Crippen molar-refractivity contribution in [2.75, 3.05) is 17.3 Å². The maximum atomic E-state index is 11.7. The molecule has 4 rings (SSSR count). The molecule has 0 N–H and O–H groups in total. The molecule has 1 saturated heterocycles. The standard InChI is InChI=1S/C17H21N5O2S2/c1-12-18-14-5-3-4-6-15(14)22(12)8-9-25-17-20-19-16(21(17)2)13-7-10-26(23,24)11-13/h3-6,13H,7-11H2,1-2H3. The van der Waals surface area contributed by atoms with Crippen LogP contribution in [0, 0.1) is 6.92 Å². The number of thioether (sulfide) groups is 1. The fourth-order valence-electron chi connectivity index (χ4n) is 3.51. The molecule has 7 nitrogen and oxygen atoms in total. The number of imidazole rings is 1. The summed E-state index contributed by atoms with van der Waals surface area (Å²) >= 11 is 1.63. The highest BCUT2D eigenvalue weighted by molar-refractivity contribution is 7.99. The molecule has 26 heavy (non-hydrogen) atoms. The summed E-state index contributed by atoms with van der Waals surface area (Å²) in [7, 11) is -1.00. The Morgan fingerprint density at radius 2 is 2.08 bits per heavy atom. The van der Waals surface area contributed by atoms with Crippen molar-refractivity contribution in [3.05, 3.63) is 35.9 Å². The summed E-state index contributed by atoms with van der Waals surface area (Å²) in [5.41, 5.74) is 2.15. The van der Waals surface area contributed by atoms with Gasteiger partial charge in [-0.2, -0.15) is 0 Å². The second-order valence-electron chi connectivity index (χ2n) is 6.65. The third kappa shape index (κ3) is 3.25. The molecule has 0 bridgehead atoms. The third-order valence-electron chi connectivity index (χ3n) is 4.86. The Labute approximate surface area is 156 Å². The van der Waals surface area contributed by atoms with Crippen molar-refractivity contribution in [3.63, 3.8) is 0 Å². The molecule has 3 heterocycles. The molecule has 2 aromatic heterocycles. The lowest BCUT2D eigenvalue weighted by Gasteiger charge is -2.09. The molecule has 0 spiro atoms. The average molecular weight is 392 g/mol. The van der Waals surface area contributed by atoms with E-state index in [1.807, 2.05) is 36.7 Å². The van der Waals surface area contributed by atoms with E-state index in [1.165, 1.54) is 0 Å². The van der Waals surface area contributed by atoms with Crippen LogP contribution in [0.5, 0.6) is 0 Å². The quantitative estimate of drug-likeness (QED) is 0.620. The van der Waals surface area contributed by atoms with Crippen molar-refractivity contribution in [2.24, 2.45) is 7.05 Å². The number of sulfone groups is 1. The summed E-state index contributed by atoms with van der Waals surface area (Å²) in [6, 6.07) is 8.13. The van der Waals surface area contributed by atoms with Crippen molar-refractivity contribution in [1.29, 1.82) is 0 Å². The minimum Gasteiger partial charge on any atom is -0.327 e. The van der Waals surface area contributed by atoms with Crippen molar-refractivity contribution < 1.29 is 8.42 Å². The topological polar surface area (TPSA) is 82.7 Å². The fourth-order valence-corrected chi connectivity index (χ4v) is 6.09. The molecule has 1 aliphatic heterocycles. The van der Waals surface area contributed by atoms with Gasteiger partial charge in [0, 0.05) is 25.3 Å². The molecular formula is C17H21N5O2S2. The van der Waals surface area contributed by atoms with Crippen LogP contribution in [0.25, 0.3) is 11.0 Å². The smallest absolute Gasteiger partial charge is 0.191 e. The van der Waals surface area contributed by atoms with Crippen LogP contribution in [-0.2, 0) is 23.4 Å². The molecule has 0 saturated carbocycles. The van der Waals surface area contributed by atoms with Gasteiger partial charge in [-0.05, 0) is 25.5 Å². The zero-order valence-corrected chi connectivity index (χ0v) is 16.4. The molecule has 3 aromatic rings. The number of aromatic nitrogens is 5. The van der Waals surface area contributed by atoms with Crippen molar-refractivity contribution in [1.82, 2.24) is 24.3 Å². The number of rotatable bonds is 5. The molecule has 1 fully saturated rings. The summed E-state index contributed by atoms with van der Waals surface area (Å²) in [5.74, 6) is 3.02. The first-order valence-electron chi connectivity index (χ1n) is 8.59. The van der Waals surface area contributed by atoms with Crippen molar-refractivity contribution >= 4 is 32.6 Å². The normalized spacial score (nSPS) is 19.4. The van der Waals surface area contributed by atoms with Crippen LogP contribution in [-0.4, -0.2) is 50.0 Å². The van der Waals surface area contributed by atoms with Gasteiger partial charge in [-0.1, -0.05) is 23.9 Å². The van der Waals surface area contributed by atoms with Gasteiger partial charge in [0.15, 0.2) is 15.0 Å². The van der Waals surface area contributed by atoms with E-state index in [0.717, 1.165) is 40.1 Å². The molecule has 0 radical (unpaired) electrons. The van der Waals surface area contributed by atoms with E-state index >= 15 is 0 Å². The Morgan fingerprint density at radius 1 is 1.27 bits per heavy atom. The SMILES string of the molecule is Cc1nc2ccccc2n1CCSc1nnc(C2CCS(=O)(=O)C2)n1C. The van der Waals surface area contributed by atoms with Gasteiger partial charge >= 0.3 is 0 Å². The minimum atomic E-state index is -2.92. The first-order valence-corrected chi connectivity index (χ1v) is 11.4. The highest BCUT2D eigenvalue weighted by Crippen LogP contribution is 2.29. The summed E-state index contributed by atoms with van der Waals surface area (Å²) < 4.78 is 27.6. The maximum Gasteiger partial charge on any atom is 0.191 e. The number of nitrogens with zero attached hydrogens (tertiary/aromatic N) is 5. The largest absolute Gasteiger partial charge is 0.327 e. The summed E-state index contributed by atoms with van der Waals surface area (Å²) in [6.45, 7) is 2.85. The van der Waals surface area contributed by atoms with E-state index in [-0.39, 0.29) is 17.4 Å². The zero-order valence-electron chi connectivity index (χ0n) is 14.8. The highest BCUT2D eigenvalue weighted by Gasteiger charge is 2.32. The Hall–Kier alpha value is -1.87. The van der Waals surface area contributed by atoms with Gasteiger partial charge in [0.2, 0.25) is 0 Å². The fraction of sp³-hybridized carbons (Fsp3) is 0.471. The van der Waals surface area contributed by atoms with Crippen LogP contribution >= 0.6 is 11.8 Å². The highest BCUT2D eigenvalue weighted by atomic mass is 32.2. The number of aryl methyl sites for hydroxylation is 2. The van der Waals surface area contributed by atoms with Crippen molar-refractivity contribution in [3.8, 4) is 0 Å². The molecule has 0 aliphatic carbocycles. The van der Waals surface area contributed by atoms with Crippen LogP contribution in [0.1, 0.15) is 24.0 Å². The van der Waals surface area contributed by atoms with E-state index in [4.69, 9.17) is 0 Å². The molecule has 1 atom stereocenters. The molecule has 1 unspecified atom stereocenters. The maximum absolute atomic E-state index is 11.7. The molecule has 1 aromatic carbocycles. The van der Waals surface area contributed by atoms with Crippen LogP contribution < -0.4 is 0 Å². The monoisotopic (exact) mass is 391 g/mol. The molecule has 1 aliphatic rings. The van der Waals surface area contributed by atoms with Crippen LogP contribution in [0.3, 0.4) is 0 Å². The average Bonchev–Trinajstić information content (AvgIpc) is 3.24. The first kappa shape index (κ1) is 17.5. The lowest BCUT2D eigenvalue weighted by molar-refractivity contribution is 0.599. The van der Waals surface area contributed by atoms with Gasteiger partial charge in [0.05, 0.1) is 22.5 Å². The number of fused-ring (bicyclic) bond motifs is 1. The second-order valence-corrected chi connectivity index (χ2v) is 9.94. The van der Waals surface area contributed by atoms with Crippen LogP contribution in [0.2, 0.25) is 0 Å². The molecule has 138 valence electrons. The van der Waals surface area contributed by atoms with Gasteiger partial charge < -0.3 is 9.13 Å². The Morgan fingerprint density at radius 3 is 2.85 bits per heavy atom. The Kier molecular flexibility index (Phi) is 4.52. The molecule has 9 heteroatoms. The van der Waals surface area contributed by atoms with Gasteiger partial charge in [-0.3, -0.25) is 0 Å². The van der Waals surface area contributed by atoms with E-state index in [0.29, 0.717) is 6.42 Å². The van der Waals surface area contributed by atoms with E-state index in [9.17, 15) is 8.42 Å². The number of benzene rings is 1. The summed E-state index contributed by atoms with van der Waals surface area (Å²) in [6.07, 6.45) is 0.638. The number of para-hydroxylation sites is 2. The molecule has 0 amide bonds. The van der Waals surface area contributed by atoms with Gasteiger partial charge in [0.1, 0.15) is 11.6 Å². The minimum absolute atomic E-state index is 0.0355. The molecular weight excluding hydrogens is 370 g/mol. The summed E-state index contributed by atoms with van der Waals surface area (Å²) in [5, 5.41) is 9.35. The predicted octanol–water partition coefficient (Wildman–Crippen LogP) is 2.17. The van der Waals surface area contributed by atoms with Crippen molar-refractivity contribution in [2.45, 2.75) is 31.0 Å². The van der Waals surface area contributed by atoms with E-state index in [2.05, 4.69) is 25.8 Å². The van der Waals surface area contributed by atoms with Gasteiger partial charge in [-0.15, -0.1) is 10.2 Å². The van der Waals surface area contributed by atoms with Crippen LogP contribution in [0.4, 0.5) is 0 Å². The van der Waals surface area contributed by atoms with Gasteiger partial charge in [0.25, 0.3) is 0 Å². The summed E-state index contributed by atoms with van der Waals surface area (Å²) in [4.78, 5) is 4.59. The second kappa shape index (κ2) is 6.70. The third-order valence-corrected chi connectivity index (χ3v) is 7.63. The lowest BCUT2D eigenvalue weighted by atomic mass is 10.1. The van der Waals surface area contributed by atoms with E-state index < -0.39 is 9.84 Å². The first-order chi connectivity index (χ1) is 12.4. The zero-order chi connectivity index (χ0) is 18.3. The predicted molar refractivity (Wildman–Crippen MR) is 102 cm³/mol. The lowest BCUT2D eigenvalue weighted by Crippen LogP contribution is -2.09. The van der Waals surface area contributed by atoms with Crippen LogP contribution in [0.15, 0.2) is 29.4 Å². The Bertz CT molecular complexity index is 1050. The van der Waals surface area contributed by atoms with E-state index in [1.54, 1.807) is 11.8 Å². The number of hydrogen-bond acceptors (Lipinski definition) is 6.